The number of nitrogens with two attached hydrogens (primary N) is 1. The Labute approximate surface area is 91.3 Å². The summed E-state index contributed by atoms with van der Waals surface area (Å²) in [6, 6.07) is -1.06. The van der Waals surface area contributed by atoms with Crippen molar-refractivity contribution in [3.63, 3.8) is 0 Å². The van der Waals surface area contributed by atoms with Gasteiger partial charge in [0.25, 0.3) is 0 Å². The van der Waals surface area contributed by atoms with Gasteiger partial charge in [0.2, 0.25) is 0 Å². The topological polar surface area (TPSA) is 132 Å². The van der Waals surface area contributed by atoms with Gasteiger partial charge in [-0.1, -0.05) is 0 Å². The van der Waals surface area contributed by atoms with Crippen molar-refractivity contribution in [2.24, 2.45) is 5.73 Å². The van der Waals surface area contributed by atoms with Crippen LogP contribution in [0.4, 0.5) is 0 Å². The second-order valence-corrected chi connectivity index (χ2v) is 1.88. The van der Waals surface area contributed by atoms with E-state index < -0.39 is 18.0 Å². The van der Waals surface area contributed by atoms with Crippen LogP contribution in [-0.2, 0) is 9.59 Å². The third-order valence-electron chi connectivity index (χ3n) is 0.986. The van der Waals surface area contributed by atoms with E-state index in [0.717, 1.165) is 0 Å². The average molecular weight is 188 g/mol. The molecule has 0 spiro atoms. The summed E-state index contributed by atoms with van der Waals surface area (Å²) in [5.41, 5.74) is 5.00. The van der Waals surface area contributed by atoms with E-state index in [1.807, 2.05) is 0 Å². The summed E-state index contributed by atoms with van der Waals surface area (Å²) < 4.78 is 0. The van der Waals surface area contributed by atoms with Crippen molar-refractivity contribution in [2.75, 3.05) is 0 Å². The fourth-order valence-electron chi connectivity index (χ4n) is 0.402. The number of carboxylic acids is 2. The maximum Gasteiger partial charge on any atom is 0.320 e. The molecule has 0 aliphatic carbocycles. The van der Waals surface area contributed by atoms with Crippen molar-refractivity contribution in [2.45, 2.75) is 18.9 Å². The van der Waals surface area contributed by atoms with Crippen molar-refractivity contribution in [3.8, 4) is 0 Å². The molecule has 67 valence electrons. The maximum atomic E-state index is 9.99. The monoisotopic (exact) mass is 188 g/mol. The van der Waals surface area contributed by atoms with Gasteiger partial charge in [0.1, 0.15) is 6.04 Å². The molecule has 0 fully saturated rings. The Morgan fingerprint density at radius 2 is 1.75 bits per heavy atom. The first-order valence-corrected chi connectivity index (χ1v) is 2.74. The van der Waals surface area contributed by atoms with Crippen molar-refractivity contribution < 1.29 is 25.3 Å². The average Bonchev–Trinajstić information content (AvgIpc) is 1.82. The van der Waals surface area contributed by atoms with Crippen molar-refractivity contribution in [3.05, 3.63) is 0 Å². The zero-order chi connectivity index (χ0) is 8.15. The van der Waals surface area contributed by atoms with E-state index in [1.165, 1.54) is 0 Å². The number of hydrogen-bond donors (Lipinski definition) is 3. The van der Waals surface area contributed by atoms with Gasteiger partial charge in [0.05, 0.1) is 0 Å². The SMILES string of the molecule is NC(CCC(=O)O)C(=O)O.O.[Na]. The van der Waals surface area contributed by atoms with Gasteiger partial charge in [0, 0.05) is 36.0 Å². The molecule has 0 rings (SSSR count). The number of rotatable bonds is 4. The molecule has 1 unspecified atom stereocenters. The number of carbonyl (C=O) groups is 2. The molecular weight excluding hydrogens is 177 g/mol. The first-order valence-electron chi connectivity index (χ1n) is 2.74. The van der Waals surface area contributed by atoms with Crippen LogP contribution in [0.1, 0.15) is 12.8 Å². The van der Waals surface area contributed by atoms with E-state index in [9.17, 15) is 9.59 Å². The second kappa shape index (κ2) is 8.95. The summed E-state index contributed by atoms with van der Waals surface area (Å²) in [4.78, 5) is 19.9. The van der Waals surface area contributed by atoms with Crippen LogP contribution >= 0.6 is 0 Å². The molecule has 0 heterocycles. The molecule has 1 radical (unpaired) electrons. The van der Waals surface area contributed by atoms with Crippen molar-refractivity contribution >= 4 is 41.5 Å². The van der Waals surface area contributed by atoms with E-state index in [4.69, 9.17) is 15.9 Å². The Balaban J connectivity index is -0.000000405. The summed E-state index contributed by atoms with van der Waals surface area (Å²) in [7, 11) is 0. The van der Waals surface area contributed by atoms with Crippen LogP contribution < -0.4 is 5.73 Å². The van der Waals surface area contributed by atoms with E-state index >= 15 is 0 Å². The quantitative estimate of drug-likeness (QED) is 0.441. The van der Waals surface area contributed by atoms with E-state index in [2.05, 4.69) is 0 Å². The first kappa shape index (κ1) is 17.8. The normalized spacial score (nSPS) is 10.4. The smallest absolute Gasteiger partial charge is 0.320 e. The van der Waals surface area contributed by atoms with Crippen LogP contribution in [0.15, 0.2) is 0 Å². The molecular formula is C5H11NNaO5. The van der Waals surface area contributed by atoms with Gasteiger partial charge in [-0.2, -0.15) is 0 Å². The van der Waals surface area contributed by atoms with Crippen LogP contribution in [0.25, 0.3) is 0 Å². The van der Waals surface area contributed by atoms with Crippen LogP contribution in [0.2, 0.25) is 0 Å². The van der Waals surface area contributed by atoms with Crippen LogP contribution in [0, 0.1) is 0 Å². The predicted octanol–water partition coefficient (Wildman–Crippen LogP) is -1.94. The molecule has 1 atom stereocenters. The minimum absolute atomic E-state index is 0. The molecule has 0 saturated heterocycles. The zero-order valence-corrected chi connectivity index (χ0v) is 8.78. The van der Waals surface area contributed by atoms with Crippen molar-refractivity contribution in [1.29, 1.82) is 0 Å². The Morgan fingerprint density at radius 3 is 2.00 bits per heavy atom. The Hall–Kier alpha value is -0.140. The Morgan fingerprint density at radius 1 is 1.33 bits per heavy atom. The summed E-state index contributed by atoms with van der Waals surface area (Å²) in [6.07, 6.45) is -0.224. The zero-order valence-electron chi connectivity index (χ0n) is 6.78. The number of aliphatic carboxylic acids is 2. The predicted molar refractivity (Wildman–Crippen MR) is 41.8 cm³/mol. The van der Waals surface area contributed by atoms with Crippen LogP contribution in [-0.4, -0.2) is 63.2 Å². The van der Waals surface area contributed by atoms with Gasteiger partial charge >= 0.3 is 11.9 Å². The summed E-state index contributed by atoms with van der Waals surface area (Å²) in [5, 5.41) is 16.3. The van der Waals surface area contributed by atoms with Crippen LogP contribution in [0.3, 0.4) is 0 Å². The van der Waals surface area contributed by atoms with Gasteiger partial charge in [-0.05, 0) is 6.42 Å². The minimum atomic E-state index is -1.17. The summed E-state index contributed by atoms with van der Waals surface area (Å²) >= 11 is 0. The van der Waals surface area contributed by atoms with E-state index in [-0.39, 0.29) is 47.9 Å². The summed E-state index contributed by atoms with van der Waals surface area (Å²) in [5.74, 6) is -2.20. The second-order valence-electron chi connectivity index (χ2n) is 1.88. The molecule has 0 aliphatic rings. The molecule has 0 aromatic rings. The maximum absolute atomic E-state index is 9.99. The molecule has 0 aliphatic heterocycles. The molecule has 6 N–H and O–H groups in total. The third-order valence-corrected chi connectivity index (χ3v) is 0.986. The molecule has 7 heteroatoms. The number of carboxylic acid groups (broad SMARTS) is 2. The third kappa shape index (κ3) is 9.86. The Kier molecular flexibility index (Phi) is 13.3. The fraction of sp³-hybridized carbons (Fsp3) is 0.600. The summed E-state index contributed by atoms with van der Waals surface area (Å²) in [6.45, 7) is 0. The molecule has 0 saturated carbocycles. The van der Waals surface area contributed by atoms with Gasteiger partial charge in [-0.15, -0.1) is 0 Å². The van der Waals surface area contributed by atoms with Gasteiger partial charge in [0.15, 0.2) is 0 Å². The van der Waals surface area contributed by atoms with E-state index in [0.29, 0.717) is 0 Å². The fourth-order valence-corrected chi connectivity index (χ4v) is 0.402. The largest absolute Gasteiger partial charge is 0.481 e. The molecule has 12 heavy (non-hydrogen) atoms. The number of hydrogen-bond acceptors (Lipinski definition) is 3. The minimum Gasteiger partial charge on any atom is -0.481 e. The molecule has 0 aromatic carbocycles. The van der Waals surface area contributed by atoms with Gasteiger partial charge in [-0.25, -0.2) is 0 Å². The molecule has 6 nitrogen and oxygen atoms in total. The Bertz CT molecular complexity index is 151. The molecule has 0 aromatic heterocycles. The first-order chi connectivity index (χ1) is 4.54. The van der Waals surface area contributed by atoms with Gasteiger partial charge < -0.3 is 21.4 Å². The van der Waals surface area contributed by atoms with Crippen molar-refractivity contribution in [1.82, 2.24) is 0 Å². The molecule has 0 amide bonds. The standard InChI is InChI=1S/C5H9NO4.Na.H2O/c6-3(5(9)10)1-2-4(7)8;;/h3H,1-2,6H2,(H,7,8)(H,9,10);;1H2. The van der Waals surface area contributed by atoms with E-state index in [1.54, 1.807) is 0 Å². The van der Waals surface area contributed by atoms with Crippen LogP contribution in [0.5, 0.6) is 0 Å². The molecule has 0 bridgehead atoms. The van der Waals surface area contributed by atoms with Gasteiger partial charge in [-0.3, -0.25) is 9.59 Å².